The van der Waals surface area contributed by atoms with Gasteiger partial charge in [0, 0.05) is 50.1 Å². The Balaban J connectivity index is 1.03. The summed E-state index contributed by atoms with van der Waals surface area (Å²) in [5, 5.41) is 19.1. The second kappa shape index (κ2) is 15.5. The maximum Gasteiger partial charge on any atom is 0.235 e. The molecular weight excluding hydrogens is 638 g/mol. The predicted molar refractivity (Wildman–Crippen MR) is 201 cm³/mol. The number of ether oxygens (including phenoxy) is 1. The van der Waals surface area contributed by atoms with Crippen molar-refractivity contribution in [3.8, 4) is 11.1 Å². The first-order valence-electron chi connectivity index (χ1n) is 19.1. The first-order chi connectivity index (χ1) is 24.9. The number of rotatable bonds is 13. The Bertz CT molecular complexity index is 1870. The molecule has 1 aliphatic carbocycles. The highest BCUT2D eigenvalue weighted by Crippen LogP contribution is 2.46. The number of fused-ring (bicyclic) bond motifs is 1. The number of benzene rings is 2. The van der Waals surface area contributed by atoms with Crippen molar-refractivity contribution in [2.24, 2.45) is 11.3 Å². The summed E-state index contributed by atoms with van der Waals surface area (Å²) in [5.41, 5.74) is 8.66. The molecule has 0 atom stereocenters. The van der Waals surface area contributed by atoms with Gasteiger partial charge in [0.05, 0.1) is 17.3 Å². The first kappa shape index (κ1) is 35.1. The second-order valence-electron chi connectivity index (χ2n) is 14.7. The van der Waals surface area contributed by atoms with Gasteiger partial charge in [0.1, 0.15) is 5.41 Å². The van der Waals surface area contributed by atoms with Gasteiger partial charge < -0.3 is 26.0 Å². The third kappa shape index (κ3) is 7.67. The number of carbonyl (C=O) groups is 2. The van der Waals surface area contributed by atoms with Gasteiger partial charge in [-0.15, -0.1) is 0 Å². The van der Waals surface area contributed by atoms with Crippen molar-refractivity contribution in [2.75, 3.05) is 31.6 Å². The Kier molecular flexibility index (Phi) is 10.7. The van der Waals surface area contributed by atoms with Crippen molar-refractivity contribution in [3.05, 3.63) is 76.6 Å². The van der Waals surface area contributed by atoms with Crippen molar-refractivity contribution >= 4 is 28.5 Å². The van der Waals surface area contributed by atoms with E-state index in [0.717, 1.165) is 91.6 Å². The topological polar surface area (TPSA) is 122 Å². The average molecular weight is 692 g/mol. The molecule has 2 amide bonds. The number of pyridine rings is 1. The molecule has 51 heavy (non-hydrogen) atoms. The fraction of sp³-hybridized carbons (Fsp3) is 0.512. The summed E-state index contributed by atoms with van der Waals surface area (Å²) in [6.07, 6.45) is 9.06. The molecule has 7 rings (SSSR count). The maximum absolute atomic E-state index is 13.8. The van der Waals surface area contributed by atoms with Gasteiger partial charge in [-0.3, -0.25) is 9.59 Å². The molecule has 3 fully saturated rings. The van der Waals surface area contributed by atoms with E-state index in [0.29, 0.717) is 32.4 Å². The minimum Gasteiger partial charge on any atom is -0.381 e. The van der Waals surface area contributed by atoms with Crippen LogP contribution in [0.4, 0.5) is 5.69 Å². The van der Waals surface area contributed by atoms with Gasteiger partial charge >= 0.3 is 0 Å². The van der Waals surface area contributed by atoms with Crippen molar-refractivity contribution in [3.63, 3.8) is 0 Å². The number of nitrogens with zero attached hydrogens (tertiary/aromatic N) is 3. The van der Waals surface area contributed by atoms with Gasteiger partial charge in [-0.25, -0.2) is 9.67 Å². The van der Waals surface area contributed by atoms with Crippen molar-refractivity contribution in [1.29, 1.82) is 0 Å². The van der Waals surface area contributed by atoms with E-state index in [-0.39, 0.29) is 17.9 Å². The van der Waals surface area contributed by atoms with E-state index in [1.807, 2.05) is 10.9 Å². The molecule has 0 bridgehead atoms. The molecule has 0 radical (unpaired) electrons. The van der Waals surface area contributed by atoms with Crippen LogP contribution in [0.25, 0.3) is 22.2 Å². The van der Waals surface area contributed by atoms with Gasteiger partial charge in [-0.2, -0.15) is 5.10 Å². The number of anilines is 1. The Labute approximate surface area is 301 Å². The number of amides is 2. The zero-order chi connectivity index (χ0) is 35.4. The molecule has 4 aromatic rings. The van der Waals surface area contributed by atoms with E-state index in [1.165, 1.54) is 35.1 Å². The quantitative estimate of drug-likeness (QED) is 0.130. The average Bonchev–Trinajstić information content (AvgIpc) is 3.88. The molecule has 270 valence electrons. The summed E-state index contributed by atoms with van der Waals surface area (Å²) in [6, 6.07) is 15.6. The molecule has 10 nitrogen and oxygen atoms in total. The van der Waals surface area contributed by atoms with Crippen molar-refractivity contribution < 1.29 is 14.3 Å². The molecule has 2 saturated heterocycles. The van der Waals surface area contributed by atoms with E-state index in [9.17, 15) is 9.59 Å². The summed E-state index contributed by atoms with van der Waals surface area (Å²) in [7, 11) is 0. The summed E-state index contributed by atoms with van der Waals surface area (Å²) >= 11 is 0. The van der Waals surface area contributed by atoms with Crippen LogP contribution in [-0.4, -0.2) is 58.9 Å². The normalized spacial score (nSPS) is 17.7. The Morgan fingerprint density at radius 2 is 1.73 bits per heavy atom. The van der Waals surface area contributed by atoms with Gasteiger partial charge in [-0.1, -0.05) is 43.3 Å². The van der Waals surface area contributed by atoms with Crippen LogP contribution in [0.5, 0.6) is 0 Å². The predicted octanol–water partition coefficient (Wildman–Crippen LogP) is 5.83. The van der Waals surface area contributed by atoms with E-state index in [1.54, 1.807) is 0 Å². The van der Waals surface area contributed by atoms with Gasteiger partial charge in [0.15, 0.2) is 5.65 Å². The SMILES string of the molecule is CCc1nc2c(cnn2CC)c(NC2CCOCC2)c1CNC(=O)C1(C(=O)NCc2ccc(C)c(-c3cccc(CC4CCNCC4)c3)c2)CC1. The van der Waals surface area contributed by atoms with Crippen molar-refractivity contribution in [2.45, 2.75) is 97.8 Å². The van der Waals surface area contributed by atoms with Gasteiger partial charge in [0.25, 0.3) is 0 Å². The van der Waals surface area contributed by atoms with Crippen LogP contribution in [0.3, 0.4) is 0 Å². The smallest absolute Gasteiger partial charge is 0.235 e. The zero-order valence-corrected chi connectivity index (χ0v) is 30.4. The molecule has 2 aromatic carbocycles. The Hall–Kier alpha value is -4.28. The molecule has 0 spiro atoms. The summed E-state index contributed by atoms with van der Waals surface area (Å²) in [6.45, 7) is 11.3. The van der Waals surface area contributed by atoms with E-state index in [4.69, 9.17) is 9.72 Å². The Morgan fingerprint density at radius 3 is 2.45 bits per heavy atom. The first-order valence-corrected chi connectivity index (χ1v) is 19.1. The molecule has 1 saturated carbocycles. The number of hydrogen-bond donors (Lipinski definition) is 4. The van der Waals surface area contributed by atoms with Gasteiger partial charge in [-0.05, 0) is 118 Å². The van der Waals surface area contributed by atoms with Crippen LogP contribution >= 0.6 is 0 Å². The van der Waals surface area contributed by atoms with Crippen LogP contribution in [-0.2, 0) is 46.8 Å². The lowest BCUT2D eigenvalue weighted by Gasteiger charge is -2.27. The van der Waals surface area contributed by atoms with Crippen LogP contribution in [0.2, 0.25) is 0 Å². The molecule has 0 unspecified atom stereocenters. The Morgan fingerprint density at radius 1 is 0.961 bits per heavy atom. The summed E-state index contributed by atoms with van der Waals surface area (Å²) in [5.74, 6) is 0.297. The number of aromatic nitrogens is 3. The van der Waals surface area contributed by atoms with Crippen LogP contribution in [0.15, 0.2) is 48.7 Å². The third-order valence-electron chi connectivity index (χ3n) is 11.2. The van der Waals surface area contributed by atoms with E-state index in [2.05, 4.69) is 89.6 Å². The summed E-state index contributed by atoms with van der Waals surface area (Å²) in [4.78, 5) is 32.4. The van der Waals surface area contributed by atoms with Gasteiger partial charge in [0.2, 0.25) is 11.8 Å². The van der Waals surface area contributed by atoms with E-state index < -0.39 is 5.41 Å². The molecule has 2 aromatic heterocycles. The second-order valence-corrected chi connectivity index (χ2v) is 14.7. The summed E-state index contributed by atoms with van der Waals surface area (Å²) < 4.78 is 7.53. The highest BCUT2D eigenvalue weighted by Gasteiger charge is 2.56. The maximum atomic E-state index is 13.8. The van der Waals surface area contributed by atoms with Crippen molar-refractivity contribution in [1.82, 2.24) is 30.7 Å². The third-order valence-corrected chi connectivity index (χ3v) is 11.2. The largest absolute Gasteiger partial charge is 0.381 e. The highest BCUT2D eigenvalue weighted by molar-refractivity contribution is 6.08. The van der Waals surface area contributed by atoms with Crippen LogP contribution in [0.1, 0.15) is 80.3 Å². The molecule has 2 aliphatic heterocycles. The molecule has 4 heterocycles. The lowest BCUT2D eigenvalue weighted by atomic mass is 9.89. The molecular formula is C41H53N7O3. The minimum atomic E-state index is -1.04. The number of aryl methyl sites for hydroxylation is 3. The lowest BCUT2D eigenvalue weighted by Crippen LogP contribution is -2.42. The minimum absolute atomic E-state index is 0.208. The van der Waals surface area contributed by atoms with E-state index >= 15 is 0 Å². The number of hydrogen-bond acceptors (Lipinski definition) is 7. The molecule has 10 heteroatoms. The highest BCUT2D eigenvalue weighted by atomic mass is 16.5. The standard InChI is InChI=1S/C41H53N7O3/c1-4-36-34(37(46-32-13-19-51-20-14-32)35-26-45-48(5-2)38(35)47-36)25-44-40(50)41(15-16-41)39(49)43-24-30-10-9-27(3)33(23-30)31-8-6-7-29(22-31)21-28-11-17-42-18-12-28/h6-10,22-23,26,28,32,42H,4-5,11-21,24-25H2,1-3H3,(H,43,49)(H,44,50)(H,46,47). The zero-order valence-electron chi connectivity index (χ0n) is 30.4. The molecule has 4 N–H and O–H groups in total. The van der Waals surface area contributed by atoms with Crippen LogP contribution < -0.4 is 21.3 Å². The number of piperidine rings is 1. The van der Waals surface area contributed by atoms with Crippen LogP contribution in [0, 0.1) is 18.3 Å². The fourth-order valence-corrected chi connectivity index (χ4v) is 7.85. The fourth-order valence-electron chi connectivity index (χ4n) is 7.85. The number of carbonyl (C=O) groups excluding carboxylic acids is 2. The lowest BCUT2D eigenvalue weighted by molar-refractivity contribution is -0.137. The molecule has 3 aliphatic rings. The number of nitrogens with one attached hydrogen (secondary N) is 4. The monoisotopic (exact) mass is 691 g/mol.